The second-order valence-corrected chi connectivity index (χ2v) is 19.5. The predicted octanol–water partition coefficient (Wildman–Crippen LogP) is 8.42. The molecule has 4 rings (SSSR count). The standard InChI is InChI=1S/C39H56N4O7S2/c1-10-12-18-27(11-2)25-49-24-17-23-42-33(40-29-20-14-16-22-31(29)52(42,47)48)32(43-35(45)39(8,9)50-36(43)46)34(44)41-28-19-13-15-21-30(28)51-38(6,7)26-37(3,4)5/h13-16,19-22,27,32H,10-12,17-18,23-26H2,1-9H3,(H,41,44). The number of carbonyl (C=O) groups is 3. The Kier molecular flexibility index (Phi) is 13.3. The molecule has 0 spiro atoms. The van der Waals surface area contributed by atoms with Crippen molar-refractivity contribution in [3.05, 3.63) is 48.5 Å². The zero-order valence-corrected chi connectivity index (χ0v) is 33.8. The van der Waals surface area contributed by atoms with Crippen LogP contribution < -0.4 is 5.32 Å². The molecule has 0 radical (unpaired) electrons. The highest BCUT2D eigenvalue weighted by molar-refractivity contribution is 8.00. The molecule has 11 nitrogen and oxygen atoms in total. The molecule has 1 saturated heterocycles. The molecule has 2 heterocycles. The topological polar surface area (TPSA) is 135 Å². The van der Waals surface area contributed by atoms with Gasteiger partial charge in [0.05, 0.1) is 11.4 Å². The van der Waals surface area contributed by atoms with Gasteiger partial charge in [0.2, 0.25) is 0 Å². The molecule has 1 N–H and O–H groups in total. The van der Waals surface area contributed by atoms with Crippen LogP contribution in [0.15, 0.2) is 63.3 Å². The van der Waals surface area contributed by atoms with E-state index in [2.05, 4.69) is 53.8 Å². The first-order chi connectivity index (χ1) is 24.3. The number of benzene rings is 2. The van der Waals surface area contributed by atoms with Gasteiger partial charge >= 0.3 is 6.09 Å². The Balaban J connectivity index is 1.74. The van der Waals surface area contributed by atoms with E-state index < -0.39 is 39.6 Å². The number of unbranched alkanes of at least 4 members (excludes halogenated alkanes) is 1. The van der Waals surface area contributed by atoms with Gasteiger partial charge in [-0.05, 0) is 68.7 Å². The van der Waals surface area contributed by atoms with E-state index in [1.807, 2.05) is 12.1 Å². The number of rotatable bonds is 17. The van der Waals surface area contributed by atoms with Gasteiger partial charge in [-0.1, -0.05) is 92.0 Å². The lowest BCUT2D eigenvalue weighted by Gasteiger charge is -2.35. The number of anilines is 1. The first-order valence-electron chi connectivity index (χ1n) is 18.2. The van der Waals surface area contributed by atoms with Crippen LogP contribution in [0.2, 0.25) is 0 Å². The molecule has 0 aliphatic carbocycles. The molecule has 52 heavy (non-hydrogen) atoms. The number of imide groups is 1. The molecule has 0 bridgehead atoms. The molecule has 3 amide bonds. The summed E-state index contributed by atoms with van der Waals surface area (Å²) in [6, 6.07) is 11.7. The van der Waals surface area contributed by atoms with E-state index in [-0.39, 0.29) is 46.2 Å². The molecular formula is C39H56N4O7S2. The molecule has 2 atom stereocenters. The van der Waals surface area contributed by atoms with Crippen LogP contribution in [0.5, 0.6) is 0 Å². The summed E-state index contributed by atoms with van der Waals surface area (Å²) in [6.07, 6.45) is 4.35. The van der Waals surface area contributed by atoms with Gasteiger partial charge in [-0.3, -0.25) is 13.9 Å². The van der Waals surface area contributed by atoms with Gasteiger partial charge in [0.15, 0.2) is 17.5 Å². The molecule has 2 aromatic carbocycles. The Bertz CT molecular complexity index is 1750. The highest BCUT2D eigenvalue weighted by atomic mass is 32.2. The first-order valence-corrected chi connectivity index (χ1v) is 20.5. The van der Waals surface area contributed by atoms with Gasteiger partial charge in [0.1, 0.15) is 4.90 Å². The molecule has 2 aliphatic rings. The fourth-order valence-electron chi connectivity index (χ4n) is 6.81. The third-order valence-electron chi connectivity index (χ3n) is 8.98. The summed E-state index contributed by atoms with van der Waals surface area (Å²) >= 11 is 1.60. The maximum absolute atomic E-state index is 14.6. The highest BCUT2D eigenvalue weighted by Crippen LogP contribution is 2.43. The molecular weight excluding hydrogens is 701 g/mol. The third kappa shape index (κ3) is 9.96. The molecule has 2 unspecified atom stereocenters. The molecule has 2 aliphatic heterocycles. The van der Waals surface area contributed by atoms with Crippen molar-refractivity contribution in [3.63, 3.8) is 0 Å². The van der Waals surface area contributed by atoms with E-state index in [0.29, 0.717) is 23.1 Å². The summed E-state index contributed by atoms with van der Waals surface area (Å²) in [5.41, 5.74) is -0.982. The summed E-state index contributed by atoms with van der Waals surface area (Å²) in [6.45, 7) is 18.7. The number of sulfonamides is 1. The number of para-hydroxylation sites is 2. The van der Waals surface area contributed by atoms with Crippen LogP contribution in [-0.4, -0.2) is 77.5 Å². The van der Waals surface area contributed by atoms with Crippen LogP contribution in [0.25, 0.3) is 0 Å². The van der Waals surface area contributed by atoms with Crippen molar-refractivity contribution in [2.45, 2.75) is 127 Å². The largest absolute Gasteiger partial charge is 0.433 e. The molecule has 1 fully saturated rings. The van der Waals surface area contributed by atoms with E-state index >= 15 is 0 Å². The van der Waals surface area contributed by atoms with Crippen LogP contribution in [0.1, 0.15) is 101 Å². The van der Waals surface area contributed by atoms with Crippen molar-refractivity contribution in [2.75, 3.05) is 25.1 Å². The summed E-state index contributed by atoms with van der Waals surface area (Å²) in [5, 5.41) is 2.93. The number of fused-ring (bicyclic) bond motifs is 1. The Morgan fingerprint density at radius 3 is 2.33 bits per heavy atom. The van der Waals surface area contributed by atoms with Crippen LogP contribution in [0.4, 0.5) is 16.2 Å². The normalized spacial score (nSPS) is 18.1. The summed E-state index contributed by atoms with van der Waals surface area (Å²) in [4.78, 5) is 48.0. The number of hydrogen-bond donors (Lipinski definition) is 1. The van der Waals surface area contributed by atoms with Crippen LogP contribution >= 0.6 is 11.8 Å². The number of amidine groups is 1. The number of nitrogens with one attached hydrogen (secondary N) is 1. The van der Waals surface area contributed by atoms with Crippen molar-refractivity contribution in [1.82, 2.24) is 9.21 Å². The Morgan fingerprint density at radius 2 is 1.69 bits per heavy atom. The fraction of sp³-hybridized carbons (Fsp3) is 0.590. The minimum Gasteiger partial charge on any atom is -0.433 e. The van der Waals surface area contributed by atoms with Crippen LogP contribution in [-0.2, 0) is 29.1 Å². The average Bonchev–Trinajstić information content (AvgIpc) is 3.24. The highest BCUT2D eigenvalue weighted by Gasteiger charge is 2.55. The number of cyclic esters (lactones) is 1. The van der Waals surface area contributed by atoms with Crippen molar-refractivity contribution >= 4 is 56.9 Å². The van der Waals surface area contributed by atoms with Gasteiger partial charge < -0.3 is 14.8 Å². The number of hydrogen-bond acceptors (Lipinski definition) is 9. The fourth-order valence-corrected chi connectivity index (χ4v) is 9.91. The second kappa shape index (κ2) is 16.7. The summed E-state index contributed by atoms with van der Waals surface area (Å²) in [5.74, 6) is -1.45. The van der Waals surface area contributed by atoms with E-state index in [4.69, 9.17) is 14.5 Å². The minimum absolute atomic E-state index is 0.0390. The minimum atomic E-state index is -4.27. The lowest BCUT2D eigenvalue weighted by Crippen LogP contribution is -2.59. The third-order valence-corrected chi connectivity index (χ3v) is 12.1. The average molecular weight is 757 g/mol. The predicted molar refractivity (Wildman–Crippen MR) is 206 cm³/mol. The van der Waals surface area contributed by atoms with Gasteiger partial charge in [-0.2, -0.15) is 0 Å². The second-order valence-electron chi connectivity index (χ2n) is 15.9. The lowest BCUT2D eigenvalue weighted by atomic mass is 9.86. The molecule has 2 aromatic rings. The quantitative estimate of drug-likeness (QED) is 0.126. The monoisotopic (exact) mass is 756 g/mol. The first kappa shape index (κ1) is 41.3. The number of ether oxygens (including phenoxy) is 2. The van der Waals surface area contributed by atoms with Crippen LogP contribution in [0, 0.1) is 11.3 Å². The Morgan fingerprint density at radius 1 is 1.02 bits per heavy atom. The van der Waals surface area contributed by atoms with Gasteiger partial charge in [0, 0.05) is 29.4 Å². The van der Waals surface area contributed by atoms with Crippen molar-refractivity contribution < 1.29 is 32.3 Å². The number of carbonyl (C=O) groups excluding carboxylic acids is 3. The summed E-state index contributed by atoms with van der Waals surface area (Å²) in [7, 11) is -4.27. The molecule has 0 aromatic heterocycles. The van der Waals surface area contributed by atoms with Crippen molar-refractivity contribution in [1.29, 1.82) is 0 Å². The van der Waals surface area contributed by atoms with Gasteiger partial charge in [-0.25, -0.2) is 23.1 Å². The lowest BCUT2D eigenvalue weighted by molar-refractivity contribution is -0.137. The smallest absolute Gasteiger partial charge is 0.418 e. The van der Waals surface area contributed by atoms with E-state index in [9.17, 15) is 22.8 Å². The van der Waals surface area contributed by atoms with Gasteiger partial charge in [0.25, 0.3) is 21.8 Å². The number of amides is 3. The summed E-state index contributed by atoms with van der Waals surface area (Å²) < 4.78 is 40.9. The number of thioether (sulfide) groups is 1. The van der Waals surface area contributed by atoms with Gasteiger partial charge in [-0.15, -0.1) is 11.8 Å². The van der Waals surface area contributed by atoms with Crippen molar-refractivity contribution in [2.24, 2.45) is 16.3 Å². The Hall–Kier alpha value is -3.42. The maximum atomic E-state index is 14.6. The zero-order chi connectivity index (χ0) is 38.5. The number of aliphatic imine (C=N–C) groups is 1. The Labute approximate surface area is 314 Å². The van der Waals surface area contributed by atoms with E-state index in [1.54, 1.807) is 36.0 Å². The zero-order valence-electron chi connectivity index (χ0n) is 32.2. The maximum Gasteiger partial charge on any atom is 0.418 e. The number of nitrogens with zero attached hydrogens (tertiary/aromatic N) is 3. The van der Waals surface area contributed by atoms with E-state index in [1.165, 1.54) is 26.0 Å². The molecule has 0 saturated carbocycles. The van der Waals surface area contributed by atoms with Crippen LogP contribution in [0.3, 0.4) is 0 Å². The SMILES string of the molecule is CCCCC(CC)COCCCN1C(C(C(=O)Nc2ccccc2SC(C)(C)CC(C)(C)C)N2C(=O)OC(C)(C)C2=O)=Nc2ccccc2S1(=O)=O. The molecule has 13 heteroatoms. The van der Waals surface area contributed by atoms with E-state index in [0.717, 1.165) is 41.3 Å². The molecule has 286 valence electrons. The van der Waals surface area contributed by atoms with Crippen molar-refractivity contribution in [3.8, 4) is 0 Å².